The summed E-state index contributed by atoms with van der Waals surface area (Å²) in [6, 6.07) is 7.38. The van der Waals surface area contributed by atoms with Crippen molar-refractivity contribution in [2.24, 2.45) is 5.90 Å². The molecule has 0 saturated heterocycles. The van der Waals surface area contributed by atoms with Crippen molar-refractivity contribution >= 4 is 15.9 Å². The standard InChI is InChI=1S/C8H7BrN2O/c9-8-3-6(5-12-11)1-2-7(8)4-10/h1-3H,5,11H2. The van der Waals surface area contributed by atoms with Gasteiger partial charge in [0, 0.05) is 4.47 Å². The van der Waals surface area contributed by atoms with Crippen LogP contribution in [0.25, 0.3) is 0 Å². The lowest BCUT2D eigenvalue weighted by atomic mass is 10.2. The van der Waals surface area contributed by atoms with Crippen LogP contribution in [0.5, 0.6) is 0 Å². The van der Waals surface area contributed by atoms with Crippen molar-refractivity contribution in [3.8, 4) is 6.07 Å². The first-order valence-electron chi connectivity index (χ1n) is 3.28. The van der Waals surface area contributed by atoms with E-state index in [1.54, 1.807) is 12.1 Å². The Morgan fingerprint density at radius 1 is 1.58 bits per heavy atom. The van der Waals surface area contributed by atoms with E-state index >= 15 is 0 Å². The van der Waals surface area contributed by atoms with Gasteiger partial charge in [-0.25, -0.2) is 5.90 Å². The quantitative estimate of drug-likeness (QED) is 0.782. The molecule has 12 heavy (non-hydrogen) atoms. The Morgan fingerprint density at radius 3 is 2.83 bits per heavy atom. The SMILES string of the molecule is N#Cc1ccc(CON)cc1Br. The molecule has 0 aliphatic carbocycles. The first-order chi connectivity index (χ1) is 5.77. The predicted molar refractivity (Wildman–Crippen MR) is 47.8 cm³/mol. The van der Waals surface area contributed by atoms with Gasteiger partial charge in [-0.15, -0.1) is 0 Å². The molecule has 0 saturated carbocycles. The van der Waals surface area contributed by atoms with Crippen molar-refractivity contribution < 1.29 is 4.84 Å². The van der Waals surface area contributed by atoms with Gasteiger partial charge in [0.1, 0.15) is 6.07 Å². The molecule has 1 rings (SSSR count). The first-order valence-corrected chi connectivity index (χ1v) is 4.07. The normalized spacial score (nSPS) is 9.42. The van der Waals surface area contributed by atoms with Crippen LogP contribution >= 0.6 is 15.9 Å². The minimum absolute atomic E-state index is 0.351. The molecule has 0 atom stereocenters. The summed E-state index contributed by atoms with van der Waals surface area (Å²) >= 11 is 3.26. The van der Waals surface area contributed by atoms with E-state index in [-0.39, 0.29) is 0 Å². The maximum Gasteiger partial charge on any atom is 0.100 e. The van der Waals surface area contributed by atoms with Gasteiger partial charge >= 0.3 is 0 Å². The fourth-order valence-electron chi connectivity index (χ4n) is 0.835. The van der Waals surface area contributed by atoms with E-state index in [1.165, 1.54) is 0 Å². The fraction of sp³-hybridized carbons (Fsp3) is 0.125. The highest BCUT2D eigenvalue weighted by atomic mass is 79.9. The summed E-state index contributed by atoms with van der Waals surface area (Å²) in [4.78, 5) is 4.45. The van der Waals surface area contributed by atoms with Crippen LogP contribution in [0.3, 0.4) is 0 Å². The molecule has 1 aromatic carbocycles. The van der Waals surface area contributed by atoms with Gasteiger partial charge < -0.3 is 0 Å². The number of hydrogen-bond acceptors (Lipinski definition) is 3. The van der Waals surface area contributed by atoms with Gasteiger partial charge in [0.05, 0.1) is 12.2 Å². The smallest absolute Gasteiger partial charge is 0.100 e. The third kappa shape index (κ3) is 2.05. The van der Waals surface area contributed by atoms with Gasteiger partial charge in [-0.2, -0.15) is 5.26 Å². The Morgan fingerprint density at radius 2 is 2.33 bits per heavy atom. The maximum absolute atomic E-state index is 8.60. The number of rotatable bonds is 2. The summed E-state index contributed by atoms with van der Waals surface area (Å²) in [6.07, 6.45) is 0. The average Bonchev–Trinajstić information content (AvgIpc) is 2.05. The topological polar surface area (TPSA) is 59.0 Å². The summed E-state index contributed by atoms with van der Waals surface area (Å²) in [7, 11) is 0. The second-order valence-electron chi connectivity index (χ2n) is 2.24. The van der Waals surface area contributed by atoms with Crippen LogP contribution in [-0.2, 0) is 11.4 Å². The van der Waals surface area contributed by atoms with Crippen LogP contribution in [-0.4, -0.2) is 0 Å². The molecular formula is C8H7BrN2O. The molecule has 0 fully saturated rings. The van der Waals surface area contributed by atoms with Gasteiger partial charge in [-0.05, 0) is 33.6 Å². The summed E-state index contributed by atoms with van der Waals surface area (Å²) < 4.78 is 0.763. The van der Waals surface area contributed by atoms with Crippen molar-refractivity contribution in [3.63, 3.8) is 0 Å². The zero-order valence-corrected chi connectivity index (χ0v) is 7.84. The molecule has 0 radical (unpaired) electrons. The van der Waals surface area contributed by atoms with E-state index in [9.17, 15) is 0 Å². The van der Waals surface area contributed by atoms with Crippen LogP contribution in [0, 0.1) is 11.3 Å². The van der Waals surface area contributed by atoms with E-state index < -0.39 is 0 Å². The second-order valence-corrected chi connectivity index (χ2v) is 3.09. The third-order valence-corrected chi connectivity index (χ3v) is 2.06. The minimum Gasteiger partial charge on any atom is -0.300 e. The molecule has 0 amide bonds. The number of nitriles is 1. The van der Waals surface area contributed by atoms with Gasteiger partial charge in [-0.3, -0.25) is 4.84 Å². The number of halogens is 1. The van der Waals surface area contributed by atoms with Crippen LogP contribution < -0.4 is 5.90 Å². The zero-order valence-electron chi connectivity index (χ0n) is 6.25. The molecule has 3 nitrogen and oxygen atoms in total. The maximum atomic E-state index is 8.60. The number of nitrogens with zero attached hydrogens (tertiary/aromatic N) is 1. The molecule has 1 aromatic rings. The molecule has 0 aromatic heterocycles. The van der Waals surface area contributed by atoms with Crippen LogP contribution in [0.1, 0.15) is 11.1 Å². The lowest BCUT2D eigenvalue weighted by Gasteiger charge is -2.00. The number of hydrogen-bond donors (Lipinski definition) is 1. The third-order valence-electron chi connectivity index (χ3n) is 1.40. The fourth-order valence-corrected chi connectivity index (χ4v) is 1.35. The molecule has 0 heterocycles. The highest BCUT2D eigenvalue weighted by molar-refractivity contribution is 9.10. The highest BCUT2D eigenvalue weighted by Gasteiger charge is 1.99. The van der Waals surface area contributed by atoms with E-state index in [0.717, 1.165) is 10.0 Å². The van der Waals surface area contributed by atoms with Gasteiger partial charge in [0.2, 0.25) is 0 Å². The van der Waals surface area contributed by atoms with Crippen molar-refractivity contribution in [2.75, 3.05) is 0 Å². The molecule has 0 aliphatic heterocycles. The molecular weight excluding hydrogens is 220 g/mol. The summed E-state index contributed by atoms with van der Waals surface area (Å²) in [5, 5.41) is 8.60. The monoisotopic (exact) mass is 226 g/mol. The molecule has 0 bridgehead atoms. The van der Waals surface area contributed by atoms with Crippen molar-refractivity contribution in [2.45, 2.75) is 6.61 Å². The highest BCUT2D eigenvalue weighted by Crippen LogP contribution is 2.17. The van der Waals surface area contributed by atoms with Crippen molar-refractivity contribution in [3.05, 3.63) is 33.8 Å². The van der Waals surface area contributed by atoms with E-state index in [2.05, 4.69) is 20.8 Å². The second kappa shape index (κ2) is 4.21. The lowest BCUT2D eigenvalue weighted by molar-refractivity contribution is 0.124. The summed E-state index contributed by atoms with van der Waals surface area (Å²) in [5.74, 6) is 4.90. The van der Waals surface area contributed by atoms with Crippen LogP contribution in [0.15, 0.2) is 22.7 Å². The molecule has 0 spiro atoms. The number of benzene rings is 1. The minimum atomic E-state index is 0.351. The van der Waals surface area contributed by atoms with Crippen molar-refractivity contribution in [1.82, 2.24) is 0 Å². The van der Waals surface area contributed by atoms with Gasteiger partial charge in [0.15, 0.2) is 0 Å². The largest absolute Gasteiger partial charge is 0.300 e. The molecule has 62 valence electrons. The van der Waals surface area contributed by atoms with Gasteiger partial charge in [-0.1, -0.05) is 6.07 Å². The average molecular weight is 227 g/mol. The molecule has 4 heteroatoms. The zero-order chi connectivity index (χ0) is 8.97. The van der Waals surface area contributed by atoms with Crippen molar-refractivity contribution in [1.29, 1.82) is 5.26 Å². The Balaban J connectivity index is 2.96. The number of nitrogens with two attached hydrogens (primary N) is 1. The Kier molecular flexibility index (Phi) is 3.23. The predicted octanol–water partition coefficient (Wildman–Crippen LogP) is 1.71. The van der Waals surface area contributed by atoms with Crippen LogP contribution in [0.4, 0.5) is 0 Å². The van der Waals surface area contributed by atoms with E-state index in [4.69, 9.17) is 11.2 Å². The molecule has 0 aliphatic rings. The summed E-state index contributed by atoms with van der Waals surface area (Å²) in [6.45, 7) is 0.351. The first kappa shape index (κ1) is 9.20. The Hall–Kier alpha value is -0.890. The van der Waals surface area contributed by atoms with E-state index in [0.29, 0.717) is 12.2 Å². The van der Waals surface area contributed by atoms with E-state index in [1.807, 2.05) is 12.1 Å². The molecule has 0 unspecified atom stereocenters. The van der Waals surface area contributed by atoms with Crippen LogP contribution in [0.2, 0.25) is 0 Å². The Labute approximate surface area is 78.8 Å². The lowest BCUT2D eigenvalue weighted by Crippen LogP contribution is -1.98. The Bertz CT molecular complexity index is 319. The van der Waals surface area contributed by atoms with Gasteiger partial charge in [0.25, 0.3) is 0 Å². The molecule has 2 N–H and O–H groups in total. The summed E-state index contributed by atoms with van der Waals surface area (Å²) in [5.41, 5.74) is 1.54.